The third-order valence-corrected chi connectivity index (χ3v) is 11.1. The van der Waals surface area contributed by atoms with E-state index < -0.39 is 22.6 Å². The lowest BCUT2D eigenvalue weighted by molar-refractivity contribution is -0.145. The number of aliphatic hydroxyl groups excluding tert-OH is 1. The molecule has 3 fully saturated rings. The number of thioether (sulfide) groups is 1. The van der Waals surface area contributed by atoms with E-state index in [4.69, 9.17) is 0 Å². The lowest BCUT2D eigenvalue weighted by atomic mass is 9.70. The molecule has 0 aliphatic carbocycles. The van der Waals surface area contributed by atoms with Crippen LogP contribution in [0, 0.1) is 11.8 Å². The first-order valence-electron chi connectivity index (χ1n) is 13.3. The van der Waals surface area contributed by atoms with Crippen molar-refractivity contribution in [3.63, 3.8) is 0 Å². The highest BCUT2D eigenvalue weighted by Crippen LogP contribution is 2.68. The van der Waals surface area contributed by atoms with Crippen LogP contribution in [0.2, 0.25) is 0 Å². The van der Waals surface area contributed by atoms with Crippen molar-refractivity contribution in [2.45, 2.75) is 79.8 Å². The first-order chi connectivity index (χ1) is 17.2. The van der Waals surface area contributed by atoms with E-state index in [9.17, 15) is 19.5 Å². The molecule has 0 aromatic rings. The van der Waals surface area contributed by atoms with Gasteiger partial charge in [-0.2, -0.15) is 0 Å². The third-order valence-electron chi connectivity index (χ3n) is 7.87. The number of nitrogens with zero attached hydrogens (tertiary/aromatic N) is 3. The van der Waals surface area contributed by atoms with Crippen molar-refractivity contribution in [2.75, 3.05) is 32.8 Å². The van der Waals surface area contributed by atoms with Crippen LogP contribution in [0.25, 0.3) is 0 Å². The van der Waals surface area contributed by atoms with Gasteiger partial charge in [0.25, 0.3) is 0 Å². The Morgan fingerprint density at radius 2 is 1.94 bits per heavy atom. The molecule has 3 aliphatic heterocycles. The minimum atomic E-state index is -0.666. The molecule has 0 aromatic heterocycles. The van der Waals surface area contributed by atoms with Crippen molar-refractivity contribution in [1.82, 2.24) is 14.7 Å². The molecular weight excluding hydrogens is 542 g/mol. The molecule has 1 spiro atoms. The fourth-order valence-corrected chi connectivity index (χ4v) is 10.1. The first kappa shape index (κ1) is 29.2. The Kier molecular flexibility index (Phi) is 10.1. The molecule has 0 saturated carbocycles. The van der Waals surface area contributed by atoms with Crippen LogP contribution >= 0.6 is 27.7 Å². The second kappa shape index (κ2) is 12.5. The Hall–Kier alpha value is -1.32. The van der Waals surface area contributed by atoms with Crippen molar-refractivity contribution in [1.29, 1.82) is 0 Å². The quantitative estimate of drug-likeness (QED) is 0.250. The van der Waals surface area contributed by atoms with Crippen LogP contribution in [0.4, 0.5) is 0 Å². The maximum absolute atomic E-state index is 14.3. The molecule has 0 radical (unpaired) electrons. The summed E-state index contributed by atoms with van der Waals surface area (Å²) in [6.45, 7) is 15.6. The van der Waals surface area contributed by atoms with E-state index in [2.05, 4.69) is 36.0 Å². The van der Waals surface area contributed by atoms with Gasteiger partial charge < -0.3 is 19.8 Å². The zero-order valence-corrected chi connectivity index (χ0v) is 24.3. The molecule has 3 rings (SSSR count). The van der Waals surface area contributed by atoms with Crippen molar-refractivity contribution in [3.8, 4) is 0 Å². The molecule has 3 aliphatic rings. The highest BCUT2D eigenvalue weighted by molar-refractivity contribution is 9.09. The van der Waals surface area contributed by atoms with E-state index in [1.54, 1.807) is 33.7 Å². The smallest absolute Gasteiger partial charge is 0.247 e. The van der Waals surface area contributed by atoms with Crippen LogP contribution in [0.5, 0.6) is 0 Å². The lowest BCUT2D eigenvalue weighted by Gasteiger charge is -2.40. The van der Waals surface area contributed by atoms with E-state index in [1.165, 1.54) is 0 Å². The second-order valence-electron chi connectivity index (χ2n) is 10.3. The van der Waals surface area contributed by atoms with Gasteiger partial charge in [-0.1, -0.05) is 48.4 Å². The predicted molar refractivity (Wildman–Crippen MR) is 149 cm³/mol. The Balaban J connectivity index is 2.06. The Morgan fingerprint density at radius 3 is 2.53 bits per heavy atom. The van der Waals surface area contributed by atoms with Crippen LogP contribution in [0.1, 0.15) is 52.9 Å². The van der Waals surface area contributed by atoms with Gasteiger partial charge in [0.2, 0.25) is 17.7 Å². The number of halogens is 1. The molecule has 202 valence electrons. The number of alkyl halides is 1. The molecule has 3 heterocycles. The van der Waals surface area contributed by atoms with E-state index >= 15 is 0 Å². The topological polar surface area (TPSA) is 81.2 Å². The van der Waals surface area contributed by atoms with Crippen LogP contribution in [0.15, 0.2) is 25.3 Å². The van der Waals surface area contributed by atoms with Gasteiger partial charge in [-0.25, -0.2) is 0 Å². The SMILES string of the molecule is C=CCN(CCC)C(=O)[C@H]1[C@H]2C(=O)N(CCCO)C(C(=O)N(CC=C)C(C)CCC)C23CC(Br)[C@@H]1S3. The number of carbonyl (C=O) groups excluding carboxylic acids is 3. The molecule has 3 amide bonds. The van der Waals surface area contributed by atoms with Gasteiger partial charge in [-0.15, -0.1) is 24.9 Å². The van der Waals surface area contributed by atoms with E-state index in [0.717, 1.165) is 19.3 Å². The van der Waals surface area contributed by atoms with Gasteiger partial charge in [0.1, 0.15) is 6.04 Å². The van der Waals surface area contributed by atoms with Gasteiger partial charge in [0, 0.05) is 48.9 Å². The summed E-state index contributed by atoms with van der Waals surface area (Å²) in [5.41, 5.74) is 0. The summed E-state index contributed by atoms with van der Waals surface area (Å²) in [6.07, 6.45) is 7.15. The van der Waals surface area contributed by atoms with Gasteiger partial charge >= 0.3 is 0 Å². The first-order valence-corrected chi connectivity index (χ1v) is 15.1. The Labute approximate surface area is 228 Å². The molecule has 1 N–H and O–H groups in total. The van der Waals surface area contributed by atoms with Crippen molar-refractivity contribution < 1.29 is 19.5 Å². The van der Waals surface area contributed by atoms with Crippen molar-refractivity contribution >= 4 is 45.4 Å². The maximum atomic E-state index is 14.3. The number of amides is 3. The van der Waals surface area contributed by atoms with Gasteiger partial charge in [0.15, 0.2) is 0 Å². The minimum absolute atomic E-state index is 0.0131. The number of aliphatic hydroxyl groups is 1. The highest BCUT2D eigenvalue weighted by atomic mass is 79.9. The monoisotopic (exact) mass is 583 g/mol. The van der Waals surface area contributed by atoms with E-state index in [0.29, 0.717) is 39.0 Å². The number of hydrogen-bond acceptors (Lipinski definition) is 5. The molecule has 0 aromatic carbocycles. The number of hydrogen-bond donors (Lipinski definition) is 1. The zero-order valence-electron chi connectivity index (χ0n) is 21.9. The summed E-state index contributed by atoms with van der Waals surface area (Å²) in [5.74, 6) is -1.23. The van der Waals surface area contributed by atoms with Crippen LogP contribution in [-0.2, 0) is 14.4 Å². The van der Waals surface area contributed by atoms with Gasteiger partial charge in [-0.3, -0.25) is 14.4 Å². The van der Waals surface area contributed by atoms with Crippen molar-refractivity contribution in [3.05, 3.63) is 25.3 Å². The van der Waals surface area contributed by atoms with Gasteiger partial charge in [0.05, 0.1) is 16.6 Å². The minimum Gasteiger partial charge on any atom is -0.396 e. The summed E-state index contributed by atoms with van der Waals surface area (Å²) < 4.78 is -0.666. The Morgan fingerprint density at radius 1 is 1.25 bits per heavy atom. The summed E-state index contributed by atoms with van der Waals surface area (Å²) in [7, 11) is 0. The number of carbonyl (C=O) groups is 3. The summed E-state index contributed by atoms with van der Waals surface area (Å²) in [6, 6.07) is -0.646. The molecule has 9 heteroatoms. The molecule has 36 heavy (non-hydrogen) atoms. The van der Waals surface area contributed by atoms with Gasteiger partial charge in [-0.05, 0) is 32.6 Å². The maximum Gasteiger partial charge on any atom is 0.247 e. The fourth-order valence-electron chi connectivity index (χ4n) is 6.46. The van der Waals surface area contributed by atoms with Crippen LogP contribution < -0.4 is 0 Å². The highest BCUT2D eigenvalue weighted by Gasteiger charge is 2.76. The second-order valence-corrected chi connectivity index (χ2v) is 13.0. The number of likely N-dealkylation sites (tertiary alicyclic amines) is 1. The van der Waals surface area contributed by atoms with Crippen LogP contribution in [0.3, 0.4) is 0 Å². The van der Waals surface area contributed by atoms with E-state index in [-0.39, 0.29) is 40.4 Å². The third kappa shape index (κ3) is 5.04. The zero-order chi connectivity index (χ0) is 26.6. The molecule has 4 unspecified atom stereocenters. The standard InChI is InChI=1S/C27H42BrN3O4S/c1-6-11-18(5)30(14-9-4)26(35)23-27-17-19(28)22(36-27)20(24(33)29(12-7-2)13-8-3)21(27)25(34)31(23)15-10-16-32/h7,9,18-23,32H,2,4,6,8,10-17H2,1,3,5H3/t18?,19?,20-,21-,22-,23?,27?/m0/s1. The lowest BCUT2D eigenvalue weighted by Crippen LogP contribution is -2.57. The molecule has 3 saturated heterocycles. The average Bonchev–Trinajstić information content (AvgIpc) is 3.43. The molecule has 2 bridgehead atoms. The largest absolute Gasteiger partial charge is 0.396 e. The normalized spacial score (nSPS) is 31.3. The Bertz CT molecular complexity index is 857. The summed E-state index contributed by atoms with van der Waals surface area (Å²) >= 11 is 5.50. The fraction of sp³-hybridized carbons (Fsp3) is 0.741. The molecular formula is C27H42BrN3O4S. The summed E-state index contributed by atoms with van der Waals surface area (Å²) in [4.78, 5) is 47.6. The molecule has 7 atom stereocenters. The molecule has 7 nitrogen and oxygen atoms in total. The van der Waals surface area contributed by atoms with Crippen molar-refractivity contribution in [2.24, 2.45) is 11.8 Å². The predicted octanol–water partition coefficient (Wildman–Crippen LogP) is 3.46. The average molecular weight is 585 g/mol. The number of fused-ring (bicyclic) bond motifs is 1. The van der Waals surface area contributed by atoms with Crippen LogP contribution in [-0.4, -0.2) is 97.2 Å². The van der Waals surface area contributed by atoms with E-state index in [1.807, 2.05) is 18.7 Å². The number of rotatable bonds is 14. The summed E-state index contributed by atoms with van der Waals surface area (Å²) in [5, 5.41) is 9.50.